The van der Waals surface area contributed by atoms with E-state index in [0.717, 1.165) is 37.8 Å². The number of carbonyl (C=O) groups is 2. The quantitative estimate of drug-likeness (QED) is 0.677. The second-order valence-electron chi connectivity index (χ2n) is 8.44. The number of fused-ring (bicyclic) bond motifs is 5. The summed E-state index contributed by atoms with van der Waals surface area (Å²) in [5.74, 6) is 0.0949. The third-order valence-electron chi connectivity index (χ3n) is 6.45. The molecule has 1 aliphatic carbocycles. The second-order valence-corrected chi connectivity index (χ2v) is 8.85. The smallest absolute Gasteiger partial charge is 0.359 e. The molecule has 1 unspecified atom stereocenters. The maximum Gasteiger partial charge on any atom is 0.359 e. The molecule has 1 amide bonds. The number of ether oxygens (including phenoxy) is 1. The van der Waals surface area contributed by atoms with E-state index in [1.54, 1.807) is 12.4 Å². The van der Waals surface area contributed by atoms with Crippen molar-refractivity contribution in [3.05, 3.63) is 46.5 Å². The molecular formula is C22H24ClN3O3. The summed E-state index contributed by atoms with van der Waals surface area (Å²) in [6.07, 6.45) is 7.31. The lowest BCUT2D eigenvalue weighted by Gasteiger charge is -2.27. The summed E-state index contributed by atoms with van der Waals surface area (Å²) in [7, 11) is 0. The number of aromatic nitrogens is 2. The van der Waals surface area contributed by atoms with E-state index < -0.39 is 0 Å². The minimum Gasteiger partial charge on any atom is -0.458 e. The van der Waals surface area contributed by atoms with Crippen LogP contribution in [0.25, 0.3) is 5.69 Å². The van der Waals surface area contributed by atoms with Crippen molar-refractivity contribution in [3.8, 4) is 5.69 Å². The van der Waals surface area contributed by atoms with Gasteiger partial charge in [0, 0.05) is 6.54 Å². The zero-order chi connectivity index (χ0) is 20.1. The lowest BCUT2D eigenvalue weighted by Crippen LogP contribution is -2.31. The lowest BCUT2D eigenvalue weighted by atomic mass is 9.89. The summed E-state index contributed by atoms with van der Waals surface area (Å²) in [6, 6.07) is 5.20. The average Bonchev–Trinajstić information content (AvgIpc) is 3.32. The van der Waals surface area contributed by atoms with E-state index in [1.165, 1.54) is 6.42 Å². The molecule has 1 aromatic carbocycles. The third-order valence-corrected chi connectivity index (χ3v) is 6.77. The van der Waals surface area contributed by atoms with Crippen LogP contribution in [0.2, 0.25) is 5.02 Å². The Morgan fingerprint density at radius 1 is 1.24 bits per heavy atom. The van der Waals surface area contributed by atoms with Crippen LogP contribution >= 0.6 is 11.6 Å². The third kappa shape index (κ3) is 3.05. The van der Waals surface area contributed by atoms with Gasteiger partial charge < -0.3 is 9.64 Å². The molecule has 1 aromatic heterocycles. The molecule has 3 heterocycles. The first-order chi connectivity index (χ1) is 14.0. The molecule has 0 radical (unpaired) electrons. The maximum atomic E-state index is 13.2. The van der Waals surface area contributed by atoms with E-state index in [0.29, 0.717) is 34.4 Å². The molecule has 29 heavy (non-hydrogen) atoms. The average molecular weight is 414 g/mol. The molecule has 2 aliphatic heterocycles. The summed E-state index contributed by atoms with van der Waals surface area (Å²) in [6.45, 7) is 2.85. The van der Waals surface area contributed by atoms with Crippen LogP contribution in [0.3, 0.4) is 0 Å². The number of esters is 1. The Morgan fingerprint density at radius 2 is 2.10 bits per heavy atom. The van der Waals surface area contributed by atoms with Gasteiger partial charge in [-0.05, 0) is 50.2 Å². The monoisotopic (exact) mass is 413 g/mol. The SMILES string of the molecule is C[C@@H]1CCC[C@H](OC(=O)c2ncn3c2C2CCCN2C(=O)c2c(Cl)cccc2-3)C1. The van der Waals surface area contributed by atoms with Crippen LogP contribution in [0.4, 0.5) is 0 Å². The first-order valence-corrected chi connectivity index (χ1v) is 10.8. The fourth-order valence-electron chi connectivity index (χ4n) is 5.08. The van der Waals surface area contributed by atoms with Gasteiger partial charge in [-0.25, -0.2) is 9.78 Å². The molecule has 7 heteroatoms. The zero-order valence-corrected chi connectivity index (χ0v) is 17.2. The van der Waals surface area contributed by atoms with Crippen molar-refractivity contribution < 1.29 is 14.3 Å². The molecular weight excluding hydrogens is 390 g/mol. The predicted octanol–water partition coefficient (Wildman–Crippen LogP) is 4.55. The standard InChI is InChI=1S/C22H24ClN3O3/c1-13-5-2-6-14(11-13)29-22(28)19-20-17-9-4-10-25(17)21(27)18-15(23)7-3-8-16(18)26(20)12-24-19/h3,7-8,12-14,17H,2,4-6,9-11H2,1H3/t13-,14+,17?/m1/s1. The number of imidazole rings is 1. The molecule has 0 bridgehead atoms. The van der Waals surface area contributed by atoms with E-state index in [1.807, 2.05) is 21.6 Å². The Morgan fingerprint density at radius 3 is 2.93 bits per heavy atom. The van der Waals surface area contributed by atoms with E-state index in [4.69, 9.17) is 16.3 Å². The number of hydrogen-bond donors (Lipinski definition) is 0. The van der Waals surface area contributed by atoms with Gasteiger partial charge in [0.25, 0.3) is 5.91 Å². The lowest BCUT2D eigenvalue weighted by molar-refractivity contribution is 0.0145. The van der Waals surface area contributed by atoms with Crippen molar-refractivity contribution in [1.82, 2.24) is 14.5 Å². The number of amides is 1. The van der Waals surface area contributed by atoms with Crippen molar-refractivity contribution in [3.63, 3.8) is 0 Å². The van der Waals surface area contributed by atoms with Crippen molar-refractivity contribution in [2.24, 2.45) is 5.92 Å². The van der Waals surface area contributed by atoms with E-state index in [2.05, 4.69) is 11.9 Å². The van der Waals surface area contributed by atoms with Crippen LogP contribution in [0.1, 0.15) is 78.0 Å². The first kappa shape index (κ1) is 18.7. The van der Waals surface area contributed by atoms with Crippen molar-refractivity contribution in [2.45, 2.75) is 57.6 Å². The molecule has 0 N–H and O–H groups in total. The van der Waals surface area contributed by atoms with Crippen molar-refractivity contribution >= 4 is 23.5 Å². The number of carbonyl (C=O) groups excluding carboxylic acids is 2. The Balaban J connectivity index is 1.57. The minimum atomic E-state index is -0.386. The van der Waals surface area contributed by atoms with Gasteiger partial charge in [-0.2, -0.15) is 0 Å². The Hall–Kier alpha value is -2.34. The fourth-order valence-corrected chi connectivity index (χ4v) is 5.33. The summed E-state index contributed by atoms with van der Waals surface area (Å²) < 4.78 is 7.71. The molecule has 1 saturated carbocycles. The first-order valence-electron chi connectivity index (χ1n) is 10.4. The highest BCUT2D eigenvalue weighted by Crippen LogP contribution is 2.41. The van der Waals surface area contributed by atoms with Crippen molar-refractivity contribution in [1.29, 1.82) is 0 Å². The molecule has 3 aliphatic rings. The highest BCUT2D eigenvalue weighted by atomic mass is 35.5. The van der Waals surface area contributed by atoms with E-state index >= 15 is 0 Å². The van der Waals surface area contributed by atoms with Gasteiger partial charge >= 0.3 is 5.97 Å². The minimum absolute atomic E-state index is 0.0579. The number of halogens is 1. The highest BCUT2D eigenvalue weighted by molar-refractivity contribution is 6.34. The number of nitrogens with zero attached hydrogens (tertiary/aromatic N) is 3. The molecule has 1 saturated heterocycles. The van der Waals surface area contributed by atoms with Crippen LogP contribution in [-0.4, -0.2) is 39.0 Å². The number of benzene rings is 1. The Kier molecular flexibility index (Phi) is 4.62. The molecule has 0 spiro atoms. The molecule has 6 nitrogen and oxygen atoms in total. The molecule has 2 fully saturated rings. The number of hydrogen-bond acceptors (Lipinski definition) is 4. The maximum absolute atomic E-state index is 13.2. The second kappa shape index (κ2) is 7.17. The molecule has 152 valence electrons. The zero-order valence-electron chi connectivity index (χ0n) is 16.4. The summed E-state index contributed by atoms with van der Waals surface area (Å²) >= 11 is 6.41. The van der Waals surface area contributed by atoms with E-state index in [-0.39, 0.29) is 24.0 Å². The van der Waals surface area contributed by atoms with Gasteiger partial charge in [0.1, 0.15) is 12.4 Å². The normalized spacial score (nSPS) is 25.8. The highest BCUT2D eigenvalue weighted by Gasteiger charge is 2.41. The van der Waals surface area contributed by atoms with Gasteiger partial charge in [0.05, 0.1) is 28.0 Å². The fraction of sp³-hybridized carbons (Fsp3) is 0.500. The largest absolute Gasteiger partial charge is 0.458 e. The summed E-state index contributed by atoms with van der Waals surface area (Å²) in [4.78, 5) is 32.6. The van der Waals surface area contributed by atoms with Gasteiger partial charge in [0.2, 0.25) is 0 Å². The van der Waals surface area contributed by atoms with Crippen molar-refractivity contribution in [2.75, 3.05) is 6.54 Å². The van der Waals surface area contributed by atoms with Crippen LogP contribution in [-0.2, 0) is 4.74 Å². The molecule has 2 aromatic rings. The summed E-state index contributed by atoms with van der Waals surface area (Å²) in [5, 5.41) is 0.417. The molecule has 5 rings (SSSR count). The van der Waals surface area contributed by atoms with Crippen LogP contribution in [0.5, 0.6) is 0 Å². The van der Waals surface area contributed by atoms with Gasteiger partial charge in [0.15, 0.2) is 5.69 Å². The van der Waals surface area contributed by atoms with Gasteiger partial charge in [-0.15, -0.1) is 0 Å². The Bertz CT molecular complexity index is 986. The Labute approximate surface area is 174 Å². The topological polar surface area (TPSA) is 64.4 Å². The van der Waals surface area contributed by atoms with Crippen LogP contribution < -0.4 is 0 Å². The van der Waals surface area contributed by atoms with Crippen LogP contribution in [0, 0.1) is 5.92 Å². The predicted molar refractivity (Wildman–Crippen MR) is 108 cm³/mol. The summed E-state index contributed by atoms with van der Waals surface area (Å²) in [5.41, 5.74) is 2.20. The van der Waals surface area contributed by atoms with Crippen LogP contribution in [0.15, 0.2) is 24.5 Å². The van der Waals surface area contributed by atoms with Gasteiger partial charge in [-0.1, -0.05) is 31.0 Å². The number of rotatable bonds is 2. The molecule has 3 atom stereocenters. The van der Waals surface area contributed by atoms with Gasteiger partial charge in [-0.3, -0.25) is 9.36 Å². The van der Waals surface area contributed by atoms with E-state index in [9.17, 15) is 9.59 Å².